The third-order valence-electron chi connectivity index (χ3n) is 6.62. The van der Waals surface area contributed by atoms with Crippen molar-refractivity contribution in [3.8, 4) is 0 Å². The van der Waals surface area contributed by atoms with Gasteiger partial charge in [0.05, 0.1) is 19.4 Å². The molecule has 2 heterocycles. The van der Waals surface area contributed by atoms with Crippen molar-refractivity contribution in [1.82, 2.24) is 0 Å². The maximum Gasteiger partial charge on any atom is 1.00 e. The summed E-state index contributed by atoms with van der Waals surface area (Å²) in [7, 11) is -8.29. The van der Waals surface area contributed by atoms with Crippen LogP contribution in [-0.4, -0.2) is 49.8 Å². The number of nitrogens with one attached hydrogen (secondary N) is 1. The van der Waals surface area contributed by atoms with Crippen molar-refractivity contribution in [2.45, 2.75) is 30.6 Å². The molecule has 4 rings (SSSR count). The second kappa shape index (κ2) is 12.6. The summed E-state index contributed by atoms with van der Waals surface area (Å²) in [5, 5.41) is 2.84. The zero-order valence-corrected chi connectivity index (χ0v) is 28.0. The summed E-state index contributed by atoms with van der Waals surface area (Å²) in [4.78, 5) is 26.2. The Kier molecular flexibility index (Phi) is 10.3. The molecule has 40 heavy (non-hydrogen) atoms. The Bertz CT molecular complexity index is 1660. The van der Waals surface area contributed by atoms with Gasteiger partial charge in [0.15, 0.2) is 0 Å². The number of hydrogen-bond acceptors (Lipinski definition) is 8. The number of nitrogens with zero attached hydrogens (tertiary/aromatic N) is 1. The first-order chi connectivity index (χ1) is 18.3. The fourth-order valence-electron chi connectivity index (χ4n) is 4.80. The van der Waals surface area contributed by atoms with Crippen molar-refractivity contribution >= 4 is 65.6 Å². The summed E-state index contributed by atoms with van der Waals surface area (Å²) >= 11 is 1.97. The maximum atomic E-state index is 12.8. The van der Waals surface area contributed by atoms with Gasteiger partial charge in [0, 0.05) is 40.3 Å². The summed E-state index contributed by atoms with van der Waals surface area (Å²) in [5.74, 6) is -1.22. The number of Topliss-reactive ketones (excluding diaryl/α,β-unsaturated/α-hetero) is 1. The van der Waals surface area contributed by atoms with Crippen LogP contribution in [0.15, 0.2) is 82.3 Å². The molecule has 2 aromatic carbocycles. The van der Waals surface area contributed by atoms with Crippen molar-refractivity contribution in [2.75, 3.05) is 26.9 Å². The molecule has 0 spiro atoms. The van der Waals surface area contributed by atoms with Crippen LogP contribution >= 0.6 is 22.6 Å². The molecule has 2 aliphatic rings. The van der Waals surface area contributed by atoms with Gasteiger partial charge in [-0.15, -0.1) is 0 Å². The number of sulfone groups is 1. The number of carbonyl (C=O) groups is 2. The quantitative estimate of drug-likeness (QED) is 0.142. The second-order valence-electron chi connectivity index (χ2n) is 9.60. The zero-order valence-electron chi connectivity index (χ0n) is 22.2. The van der Waals surface area contributed by atoms with E-state index in [2.05, 4.69) is 5.32 Å². The van der Waals surface area contributed by atoms with E-state index in [4.69, 9.17) is 0 Å². The molecule has 9 nitrogen and oxygen atoms in total. The molecule has 13 heteroatoms. The summed E-state index contributed by atoms with van der Waals surface area (Å²) in [6.45, 7) is 4.19. The number of ketones is 1. The second-order valence-corrected chi connectivity index (χ2v) is 13.8. The van der Waals surface area contributed by atoms with Crippen molar-refractivity contribution in [3.63, 3.8) is 0 Å². The Balaban J connectivity index is 0.00000441. The average molecular weight is 705 g/mol. The standard InChI is InChI=1S/C27H27IN2O7S2.Na/c1-27(2)20-16-18(29-25(31)17-28)12-13-21(20)30(14-7-15-38(33,34)35)24(27)11-6-5-10-23-26(32)19-8-3-4-9-22(19)39(23,36)37;/h3-6,8-13,16H,7,14-15,17H2,1-2H3,(H,29,31)(H,33,34,35);/q;+1/p-1/b6-5+,23-10-,24-11-;. The molecule has 0 saturated heterocycles. The minimum absolute atomic E-state index is 0. The largest absolute Gasteiger partial charge is 1.00 e. The molecule has 0 radical (unpaired) electrons. The van der Waals surface area contributed by atoms with Gasteiger partial charge in [-0.2, -0.15) is 0 Å². The van der Waals surface area contributed by atoms with E-state index < -0.39 is 36.9 Å². The van der Waals surface area contributed by atoms with Crippen LogP contribution in [0.1, 0.15) is 36.2 Å². The first kappa shape index (κ1) is 32.7. The molecule has 0 saturated carbocycles. The predicted octanol–water partition coefficient (Wildman–Crippen LogP) is 1.09. The van der Waals surface area contributed by atoms with Crippen LogP contribution in [-0.2, 0) is 30.2 Å². The summed E-state index contributed by atoms with van der Waals surface area (Å²) in [6, 6.07) is 11.5. The van der Waals surface area contributed by atoms with Crippen molar-refractivity contribution in [3.05, 3.63) is 88.5 Å². The fourth-order valence-corrected chi connectivity index (χ4v) is 7.03. The summed E-state index contributed by atoms with van der Waals surface area (Å²) in [6.07, 6.45) is 6.25. The van der Waals surface area contributed by atoms with Crippen LogP contribution in [0.5, 0.6) is 0 Å². The van der Waals surface area contributed by atoms with Gasteiger partial charge in [0.1, 0.15) is 4.91 Å². The molecule has 0 bridgehead atoms. The Morgan fingerprint density at radius 2 is 1.80 bits per heavy atom. The van der Waals surface area contributed by atoms with Gasteiger partial charge in [-0.3, -0.25) is 9.59 Å². The van der Waals surface area contributed by atoms with Crippen molar-refractivity contribution in [2.24, 2.45) is 0 Å². The third kappa shape index (κ3) is 6.63. The van der Waals surface area contributed by atoms with Gasteiger partial charge < -0.3 is 14.8 Å². The van der Waals surface area contributed by atoms with E-state index in [0.29, 0.717) is 10.1 Å². The first-order valence-electron chi connectivity index (χ1n) is 12.0. The van der Waals surface area contributed by atoms with E-state index in [1.54, 1.807) is 30.4 Å². The van der Waals surface area contributed by atoms with Crippen LogP contribution < -0.4 is 39.8 Å². The Labute approximate surface area is 269 Å². The maximum absolute atomic E-state index is 12.8. The van der Waals surface area contributed by atoms with Crippen molar-refractivity contribution < 1.29 is 60.5 Å². The molecular formula is C27H26IN2NaO7S2. The predicted molar refractivity (Wildman–Crippen MR) is 157 cm³/mol. The molecule has 2 aromatic rings. The number of rotatable bonds is 8. The fraction of sp³-hybridized carbons (Fsp3) is 0.259. The molecule has 206 valence electrons. The van der Waals surface area contributed by atoms with Crippen LogP contribution in [0.25, 0.3) is 0 Å². The third-order valence-corrected chi connectivity index (χ3v) is 9.94. The van der Waals surface area contributed by atoms with Gasteiger partial charge in [0.25, 0.3) is 0 Å². The van der Waals surface area contributed by atoms with Crippen LogP contribution in [0.4, 0.5) is 11.4 Å². The van der Waals surface area contributed by atoms with Gasteiger partial charge >= 0.3 is 29.6 Å². The molecule has 0 atom stereocenters. The van der Waals surface area contributed by atoms with E-state index in [9.17, 15) is 31.0 Å². The van der Waals surface area contributed by atoms with E-state index in [1.165, 1.54) is 24.3 Å². The number of fused-ring (bicyclic) bond motifs is 2. The number of alkyl halides is 1. The van der Waals surface area contributed by atoms with Crippen LogP contribution in [0.2, 0.25) is 0 Å². The van der Waals surface area contributed by atoms with Crippen LogP contribution in [0.3, 0.4) is 0 Å². The van der Waals surface area contributed by atoms with E-state index in [-0.39, 0.29) is 63.8 Å². The molecular weight excluding hydrogens is 678 g/mol. The normalized spacial score (nSPS) is 19.1. The van der Waals surface area contributed by atoms with E-state index in [1.807, 2.05) is 53.5 Å². The van der Waals surface area contributed by atoms with E-state index >= 15 is 0 Å². The van der Waals surface area contributed by atoms with Gasteiger partial charge in [-0.05, 0) is 54.5 Å². The minimum atomic E-state index is -4.39. The number of allylic oxidation sites excluding steroid dienone is 6. The number of benzene rings is 2. The smallest absolute Gasteiger partial charge is 0.748 e. The number of anilines is 2. The molecule has 1 N–H and O–H groups in total. The van der Waals surface area contributed by atoms with Crippen molar-refractivity contribution in [1.29, 1.82) is 0 Å². The number of hydrogen-bond donors (Lipinski definition) is 1. The number of amides is 1. The van der Waals surface area contributed by atoms with E-state index in [0.717, 1.165) is 16.9 Å². The average Bonchev–Trinajstić information content (AvgIpc) is 3.19. The monoisotopic (exact) mass is 704 g/mol. The summed E-state index contributed by atoms with van der Waals surface area (Å²) in [5.41, 5.74) is 2.65. The van der Waals surface area contributed by atoms with Gasteiger partial charge in [0.2, 0.25) is 21.5 Å². The topological polar surface area (TPSA) is 141 Å². The Morgan fingerprint density at radius 1 is 1.12 bits per heavy atom. The van der Waals surface area contributed by atoms with Crippen LogP contribution in [0, 0.1) is 0 Å². The molecule has 2 aliphatic heterocycles. The Morgan fingerprint density at radius 3 is 2.45 bits per heavy atom. The number of halogens is 1. The Hall–Kier alpha value is -1.81. The summed E-state index contributed by atoms with van der Waals surface area (Å²) < 4.78 is 59.6. The molecule has 0 unspecified atom stereocenters. The molecule has 0 fully saturated rings. The SMILES string of the molecule is CC1(C)/C(=C/C=C/C=C2/C(=O)c3ccccc3S2(=O)=O)N(CCCS(=O)(=O)[O-])c2ccc(NC(=O)CI)cc21.[Na+]. The minimum Gasteiger partial charge on any atom is -0.748 e. The zero-order chi connectivity index (χ0) is 28.6. The molecule has 0 aromatic heterocycles. The first-order valence-corrected chi connectivity index (χ1v) is 16.6. The van der Waals surface area contributed by atoms with Gasteiger partial charge in [-0.1, -0.05) is 60.7 Å². The molecule has 1 amide bonds. The van der Waals surface area contributed by atoms with Gasteiger partial charge in [-0.25, -0.2) is 16.8 Å². The molecule has 0 aliphatic carbocycles. The number of carbonyl (C=O) groups excluding carboxylic acids is 2.